The summed E-state index contributed by atoms with van der Waals surface area (Å²) in [5, 5.41) is 10.8. The zero-order valence-corrected chi connectivity index (χ0v) is 19.0. The van der Waals surface area contributed by atoms with Gasteiger partial charge in [-0.25, -0.2) is 4.79 Å². The van der Waals surface area contributed by atoms with Crippen LogP contribution in [-0.2, 0) is 4.74 Å². The van der Waals surface area contributed by atoms with Crippen LogP contribution in [0.2, 0.25) is 0 Å². The minimum Gasteiger partial charge on any atom is -0.496 e. The number of aryl methyl sites for hydroxylation is 1. The van der Waals surface area contributed by atoms with E-state index in [2.05, 4.69) is 24.0 Å². The van der Waals surface area contributed by atoms with Crippen LogP contribution in [0, 0.1) is 6.92 Å². The van der Waals surface area contributed by atoms with Gasteiger partial charge in [-0.3, -0.25) is 0 Å². The molecule has 1 unspecified atom stereocenters. The second-order valence-corrected chi connectivity index (χ2v) is 9.32. The first kappa shape index (κ1) is 21.8. The number of thioether (sulfide) groups is 1. The molecule has 3 atom stereocenters. The van der Waals surface area contributed by atoms with Gasteiger partial charge in [0.1, 0.15) is 5.75 Å². The van der Waals surface area contributed by atoms with Crippen molar-refractivity contribution in [2.45, 2.75) is 55.3 Å². The van der Waals surface area contributed by atoms with E-state index in [1.807, 2.05) is 37.0 Å². The monoisotopic (exact) mass is 439 g/mol. The SMILES string of the molecule is CCOC1CC[C@@H](Sc2c(OC)cc(C)c3[nH]ccc23)[C@H](c2ccc(C(=O)O)cc2)C1. The average molecular weight is 440 g/mol. The standard InChI is InChI=1S/C25H29NO4S/c1-4-30-18-9-10-22(20(14-18)16-5-7-17(8-6-16)25(27)28)31-24-19-11-12-26-23(19)15(2)13-21(24)29-3/h5-8,11-13,18,20,22,26H,4,9-10,14H2,1-3H3,(H,27,28)/t18?,20-,22+/m0/s1. The predicted octanol–water partition coefficient (Wildman–Crippen LogP) is 6.02. The van der Waals surface area contributed by atoms with E-state index in [0.717, 1.165) is 35.4 Å². The first-order chi connectivity index (χ1) is 15.0. The summed E-state index contributed by atoms with van der Waals surface area (Å²) < 4.78 is 11.7. The van der Waals surface area contributed by atoms with Gasteiger partial charge in [0.15, 0.2) is 0 Å². The summed E-state index contributed by atoms with van der Waals surface area (Å²) in [4.78, 5) is 15.8. The van der Waals surface area contributed by atoms with Gasteiger partial charge < -0.3 is 19.6 Å². The molecule has 3 aromatic rings. The minimum atomic E-state index is -0.896. The van der Waals surface area contributed by atoms with Crippen LogP contribution in [0.5, 0.6) is 5.75 Å². The number of rotatable bonds is 7. The van der Waals surface area contributed by atoms with Crippen LogP contribution < -0.4 is 4.74 Å². The van der Waals surface area contributed by atoms with Crippen LogP contribution in [0.25, 0.3) is 10.9 Å². The lowest BCUT2D eigenvalue weighted by molar-refractivity contribution is 0.0321. The van der Waals surface area contributed by atoms with Crippen molar-refractivity contribution in [2.24, 2.45) is 0 Å². The Labute approximate surface area is 187 Å². The molecule has 2 N–H and O–H groups in total. The Morgan fingerprint density at radius 2 is 2.00 bits per heavy atom. The van der Waals surface area contributed by atoms with E-state index in [9.17, 15) is 9.90 Å². The van der Waals surface area contributed by atoms with Crippen molar-refractivity contribution < 1.29 is 19.4 Å². The Kier molecular flexibility index (Phi) is 6.58. The van der Waals surface area contributed by atoms with Crippen LogP contribution >= 0.6 is 11.8 Å². The predicted molar refractivity (Wildman–Crippen MR) is 125 cm³/mol. The Morgan fingerprint density at radius 3 is 2.68 bits per heavy atom. The third-order valence-corrected chi connectivity index (χ3v) is 7.70. The number of methoxy groups -OCH3 is 1. The van der Waals surface area contributed by atoms with Gasteiger partial charge in [0, 0.05) is 29.0 Å². The number of nitrogens with one attached hydrogen (secondary N) is 1. The molecule has 1 aliphatic carbocycles. The number of benzene rings is 2. The number of carboxylic acids is 1. The van der Waals surface area contributed by atoms with E-state index in [-0.39, 0.29) is 12.0 Å². The van der Waals surface area contributed by atoms with Gasteiger partial charge >= 0.3 is 5.97 Å². The molecule has 1 saturated carbocycles. The fraction of sp³-hybridized carbons (Fsp3) is 0.400. The number of hydrogen-bond acceptors (Lipinski definition) is 4. The molecule has 1 aliphatic rings. The lowest BCUT2D eigenvalue weighted by Gasteiger charge is -2.36. The van der Waals surface area contributed by atoms with Crippen molar-refractivity contribution >= 4 is 28.6 Å². The summed E-state index contributed by atoms with van der Waals surface area (Å²) in [5.74, 6) is 0.284. The van der Waals surface area contributed by atoms with E-state index in [1.54, 1.807) is 19.2 Å². The zero-order valence-electron chi connectivity index (χ0n) is 18.2. The molecule has 31 heavy (non-hydrogen) atoms. The van der Waals surface area contributed by atoms with Crippen molar-refractivity contribution in [3.05, 3.63) is 59.3 Å². The largest absolute Gasteiger partial charge is 0.496 e. The Bertz CT molecular complexity index is 1060. The van der Waals surface area contributed by atoms with E-state index in [4.69, 9.17) is 9.47 Å². The summed E-state index contributed by atoms with van der Waals surface area (Å²) in [6.45, 7) is 4.84. The number of hydrogen-bond donors (Lipinski definition) is 2. The molecule has 1 fully saturated rings. The number of aromatic nitrogens is 1. The average Bonchev–Trinajstić information content (AvgIpc) is 3.27. The summed E-state index contributed by atoms with van der Waals surface area (Å²) in [6, 6.07) is 11.6. The fourth-order valence-corrected chi connectivity index (χ4v) is 6.18. The molecule has 0 spiro atoms. The second kappa shape index (κ2) is 9.37. The molecule has 6 heteroatoms. The summed E-state index contributed by atoms with van der Waals surface area (Å²) in [6.07, 6.45) is 5.21. The van der Waals surface area contributed by atoms with Crippen LogP contribution in [-0.4, -0.2) is 41.1 Å². The van der Waals surface area contributed by atoms with Crippen LogP contribution in [0.1, 0.15) is 53.6 Å². The van der Waals surface area contributed by atoms with E-state index >= 15 is 0 Å². The number of ether oxygens (including phenoxy) is 2. The van der Waals surface area contributed by atoms with Crippen LogP contribution in [0.15, 0.2) is 47.5 Å². The summed E-state index contributed by atoms with van der Waals surface area (Å²) in [5.41, 5.74) is 3.80. The maximum absolute atomic E-state index is 11.3. The quantitative estimate of drug-likeness (QED) is 0.471. The molecule has 5 nitrogen and oxygen atoms in total. The second-order valence-electron chi connectivity index (χ2n) is 8.07. The van der Waals surface area contributed by atoms with Crippen molar-refractivity contribution in [1.82, 2.24) is 4.98 Å². The fourth-order valence-electron chi connectivity index (χ4n) is 4.63. The van der Waals surface area contributed by atoms with E-state index in [0.29, 0.717) is 17.4 Å². The number of aromatic amines is 1. The van der Waals surface area contributed by atoms with Gasteiger partial charge in [0.05, 0.1) is 23.7 Å². The van der Waals surface area contributed by atoms with Gasteiger partial charge in [-0.1, -0.05) is 12.1 Å². The lowest BCUT2D eigenvalue weighted by Crippen LogP contribution is -2.30. The van der Waals surface area contributed by atoms with E-state index in [1.165, 1.54) is 16.5 Å². The zero-order chi connectivity index (χ0) is 22.0. The summed E-state index contributed by atoms with van der Waals surface area (Å²) >= 11 is 1.88. The summed E-state index contributed by atoms with van der Waals surface area (Å²) in [7, 11) is 1.73. The molecule has 1 heterocycles. The third kappa shape index (κ3) is 4.46. The minimum absolute atomic E-state index is 0.234. The number of carbonyl (C=O) groups is 1. The molecule has 4 rings (SSSR count). The highest BCUT2D eigenvalue weighted by Crippen LogP contribution is 2.48. The maximum atomic E-state index is 11.3. The molecule has 0 aliphatic heterocycles. The van der Waals surface area contributed by atoms with Crippen molar-refractivity contribution in [3.63, 3.8) is 0 Å². The Hall–Kier alpha value is -2.44. The van der Waals surface area contributed by atoms with Crippen LogP contribution in [0.3, 0.4) is 0 Å². The smallest absolute Gasteiger partial charge is 0.335 e. The van der Waals surface area contributed by atoms with Gasteiger partial charge in [-0.15, -0.1) is 11.8 Å². The molecule has 2 aromatic carbocycles. The molecule has 0 saturated heterocycles. The molecular weight excluding hydrogens is 410 g/mol. The number of fused-ring (bicyclic) bond motifs is 1. The number of H-pyrrole nitrogens is 1. The molecule has 0 radical (unpaired) electrons. The lowest BCUT2D eigenvalue weighted by atomic mass is 9.81. The van der Waals surface area contributed by atoms with Crippen molar-refractivity contribution in [1.29, 1.82) is 0 Å². The first-order valence-electron chi connectivity index (χ1n) is 10.8. The van der Waals surface area contributed by atoms with Gasteiger partial charge in [0.2, 0.25) is 0 Å². The highest BCUT2D eigenvalue weighted by atomic mass is 32.2. The highest BCUT2D eigenvalue weighted by molar-refractivity contribution is 8.00. The third-order valence-electron chi connectivity index (χ3n) is 6.17. The topological polar surface area (TPSA) is 71.5 Å². The van der Waals surface area contributed by atoms with Gasteiger partial charge in [-0.2, -0.15) is 0 Å². The van der Waals surface area contributed by atoms with Gasteiger partial charge in [-0.05, 0) is 74.4 Å². The normalized spacial score (nSPS) is 21.3. The Balaban J connectivity index is 1.69. The highest BCUT2D eigenvalue weighted by Gasteiger charge is 2.34. The molecular formula is C25H29NO4S. The van der Waals surface area contributed by atoms with Gasteiger partial charge in [0.25, 0.3) is 0 Å². The van der Waals surface area contributed by atoms with Crippen LogP contribution in [0.4, 0.5) is 0 Å². The first-order valence-corrected chi connectivity index (χ1v) is 11.7. The molecule has 0 amide bonds. The molecule has 0 bridgehead atoms. The Morgan fingerprint density at radius 1 is 1.23 bits per heavy atom. The number of carboxylic acid groups (broad SMARTS) is 1. The maximum Gasteiger partial charge on any atom is 0.335 e. The molecule has 1 aromatic heterocycles. The van der Waals surface area contributed by atoms with Crippen molar-refractivity contribution in [2.75, 3.05) is 13.7 Å². The number of aromatic carboxylic acids is 1. The van der Waals surface area contributed by atoms with E-state index < -0.39 is 5.97 Å². The molecule has 164 valence electrons. The van der Waals surface area contributed by atoms with Crippen molar-refractivity contribution in [3.8, 4) is 5.75 Å².